The zero-order valence-electron chi connectivity index (χ0n) is 26.9. The summed E-state index contributed by atoms with van der Waals surface area (Å²) in [6, 6.07) is 2.95. The quantitative estimate of drug-likeness (QED) is 0.0736. The molecule has 0 fully saturated rings. The van der Waals surface area contributed by atoms with E-state index in [-0.39, 0.29) is 57.9 Å². The molecule has 5 aromatic rings. The minimum Gasteiger partial charge on any atom is -0.507 e. The second kappa shape index (κ2) is 12.1. The Bertz CT molecular complexity index is 2340. The van der Waals surface area contributed by atoms with E-state index in [2.05, 4.69) is 0 Å². The molecule has 1 atom stereocenters. The molecular formula is C37H36O10. The average Bonchev–Trinajstić information content (AvgIpc) is 3.33. The second-order valence-corrected chi connectivity index (χ2v) is 12.8. The van der Waals surface area contributed by atoms with Gasteiger partial charge < -0.3 is 30.3 Å². The van der Waals surface area contributed by atoms with E-state index in [1.807, 2.05) is 27.7 Å². The smallest absolute Gasteiger partial charge is 0.306 e. The van der Waals surface area contributed by atoms with Gasteiger partial charge in [-0.1, -0.05) is 37.1 Å². The van der Waals surface area contributed by atoms with Crippen LogP contribution in [0.3, 0.4) is 0 Å². The topological polar surface area (TPSA) is 179 Å². The van der Waals surface area contributed by atoms with E-state index in [1.165, 1.54) is 0 Å². The molecule has 0 heterocycles. The summed E-state index contributed by atoms with van der Waals surface area (Å²) in [6.07, 6.45) is 2.62. The highest BCUT2D eigenvalue weighted by atomic mass is 16.5. The Kier molecular flexibility index (Phi) is 8.49. The van der Waals surface area contributed by atoms with E-state index in [1.54, 1.807) is 26.0 Å². The lowest BCUT2D eigenvalue weighted by Crippen LogP contribution is -2.15. The van der Waals surface area contributed by atoms with Crippen LogP contribution in [0, 0.1) is 5.92 Å². The molecule has 5 N–H and O–H groups in total. The van der Waals surface area contributed by atoms with Crippen molar-refractivity contribution in [1.29, 1.82) is 0 Å². The first-order valence-electron chi connectivity index (χ1n) is 15.2. The van der Waals surface area contributed by atoms with Crippen molar-refractivity contribution < 1.29 is 35.1 Å². The third-order valence-corrected chi connectivity index (χ3v) is 8.32. The standard InChI is InChI=1S/C37H36O10/c1-15(2)7-9-18-25-30(36(45)28-21(39)11-10-20(38)27(28)34(25)43)31-26(18)35(44)32-29(37(31)46)22(40)14-19(33(32)42)23(12-8-16(3)4)47-24(41)13-17(5)6/h7-8,10-11,14,17,23,42-46H,9,12-13H2,1-6H3. The maximum Gasteiger partial charge on any atom is 0.306 e. The summed E-state index contributed by atoms with van der Waals surface area (Å²) in [5.41, 5.74) is -0.521. The summed E-state index contributed by atoms with van der Waals surface area (Å²) in [5, 5.41) is 55.7. The molecule has 5 rings (SSSR count). The van der Waals surface area contributed by atoms with E-state index in [0.29, 0.717) is 0 Å². The molecule has 244 valence electrons. The van der Waals surface area contributed by atoms with Gasteiger partial charge in [-0.15, -0.1) is 0 Å². The molecule has 1 unspecified atom stereocenters. The monoisotopic (exact) mass is 640 g/mol. The number of esters is 1. The lowest BCUT2D eigenvalue weighted by molar-refractivity contribution is -0.150. The highest BCUT2D eigenvalue weighted by Gasteiger charge is 2.32. The maximum absolute atomic E-state index is 13.7. The fourth-order valence-electron chi connectivity index (χ4n) is 6.22. The van der Waals surface area contributed by atoms with Crippen molar-refractivity contribution in [3.8, 4) is 28.7 Å². The summed E-state index contributed by atoms with van der Waals surface area (Å²) in [7, 11) is 0. The van der Waals surface area contributed by atoms with Crippen molar-refractivity contribution in [2.24, 2.45) is 5.92 Å². The van der Waals surface area contributed by atoms with Crippen LogP contribution in [0.25, 0.3) is 43.1 Å². The van der Waals surface area contributed by atoms with Crippen LogP contribution in [0.1, 0.15) is 71.6 Å². The van der Waals surface area contributed by atoms with Gasteiger partial charge in [-0.05, 0) is 63.8 Å². The fraction of sp³-hybridized carbons (Fsp3) is 0.297. The van der Waals surface area contributed by atoms with Crippen LogP contribution >= 0.6 is 0 Å². The average molecular weight is 641 g/mol. The van der Waals surface area contributed by atoms with Crippen molar-refractivity contribution >= 4 is 49.1 Å². The van der Waals surface area contributed by atoms with Gasteiger partial charge in [-0.3, -0.25) is 19.2 Å². The molecule has 5 aromatic carbocycles. The molecule has 0 saturated carbocycles. The number of hydrogen-bond donors (Lipinski definition) is 5. The van der Waals surface area contributed by atoms with E-state index < -0.39 is 78.7 Å². The molecule has 0 radical (unpaired) electrons. The highest BCUT2D eigenvalue weighted by molar-refractivity contribution is 6.31. The molecule has 0 bridgehead atoms. The highest BCUT2D eigenvalue weighted by Crippen LogP contribution is 2.55. The van der Waals surface area contributed by atoms with Crippen LogP contribution in [0.2, 0.25) is 0 Å². The van der Waals surface area contributed by atoms with Gasteiger partial charge in [0, 0.05) is 39.9 Å². The summed E-state index contributed by atoms with van der Waals surface area (Å²) in [6.45, 7) is 11.0. The molecule has 10 nitrogen and oxygen atoms in total. The number of rotatable bonds is 8. The van der Waals surface area contributed by atoms with Crippen LogP contribution in [-0.2, 0) is 16.0 Å². The summed E-state index contributed by atoms with van der Waals surface area (Å²) >= 11 is 0. The van der Waals surface area contributed by atoms with Crippen LogP contribution in [-0.4, -0.2) is 31.5 Å². The van der Waals surface area contributed by atoms with Crippen LogP contribution in [0.4, 0.5) is 0 Å². The molecule has 0 saturated heterocycles. The largest absolute Gasteiger partial charge is 0.507 e. The Labute approximate surface area is 268 Å². The number of fused-ring (bicyclic) bond motifs is 5. The van der Waals surface area contributed by atoms with Gasteiger partial charge in [0.05, 0.1) is 21.5 Å². The fourth-order valence-corrected chi connectivity index (χ4v) is 6.22. The Morgan fingerprint density at radius 2 is 1.13 bits per heavy atom. The summed E-state index contributed by atoms with van der Waals surface area (Å²) in [5.74, 6) is -3.93. The molecular weight excluding hydrogens is 604 g/mol. The van der Waals surface area contributed by atoms with Gasteiger partial charge in [-0.25, -0.2) is 0 Å². The third-order valence-electron chi connectivity index (χ3n) is 8.32. The van der Waals surface area contributed by atoms with Crippen molar-refractivity contribution in [2.45, 2.75) is 66.9 Å². The van der Waals surface area contributed by atoms with E-state index in [4.69, 9.17) is 4.74 Å². The van der Waals surface area contributed by atoms with E-state index >= 15 is 0 Å². The SMILES string of the molecule is CC(C)=CCc1c2c(O)c3c(O)c(C(CC=C(C)C)OC(=O)CC(C)C)cc(=O)c3c(O)c2c2c(O)c3c(=O)ccc(=O)c3c(O)c12. The first-order valence-corrected chi connectivity index (χ1v) is 15.2. The van der Waals surface area contributed by atoms with Crippen LogP contribution < -0.4 is 16.3 Å². The molecule has 0 aliphatic rings. The molecule has 0 aromatic heterocycles. The molecule has 10 heteroatoms. The molecule has 0 spiro atoms. The van der Waals surface area contributed by atoms with Gasteiger partial charge in [-0.2, -0.15) is 0 Å². The number of aromatic hydroxyl groups is 5. The number of ether oxygens (including phenoxy) is 1. The number of benzene rings is 4. The van der Waals surface area contributed by atoms with Gasteiger partial charge in [0.15, 0.2) is 16.3 Å². The maximum atomic E-state index is 13.7. The van der Waals surface area contributed by atoms with Crippen molar-refractivity contribution in [3.05, 3.63) is 83.3 Å². The zero-order valence-corrected chi connectivity index (χ0v) is 26.9. The third kappa shape index (κ3) is 5.43. The zero-order chi connectivity index (χ0) is 34.6. The number of allylic oxidation sites excluding steroid dienone is 3. The number of carbonyl (C=O) groups excluding carboxylic acids is 1. The number of phenols is 5. The molecule has 0 aliphatic heterocycles. The van der Waals surface area contributed by atoms with Crippen LogP contribution in [0.5, 0.6) is 28.7 Å². The minimum atomic E-state index is -1.11. The Balaban J connectivity index is 1.99. The van der Waals surface area contributed by atoms with Crippen LogP contribution in [0.15, 0.2) is 55.9 Å². The van der Waals surface area contributed by atoms with Crippen molar-refractivity contribution in [2.75, 3.05) is 0 Å². The minimum absolute atomic E-state index is 0.0191. The van der Waals surface area contributed by atoms with Crippen molar-refractivity contribution in [1.82, 2.24) is 0 Å². The summed E-state index contributed by atoms with van der Waals surface area (Å²) in [4.78, 5) is 52.2. The van der Waals surface area contributed by atoms with Gasteiger partial charge in [0.2, 0.25) is 0 Å². The van der Waals surface area contributed by atoms with E-state index in [0.717, 1.165) is 29.3 Å². The lowest BCUT2D eigenvalue weighted by atomic mass is 9.94. The normalized spacial score (nSPS) is 12.3. The number of carbonyl (C=O) groups is 1. The molecule has 0 amide bonds. The Morgan fingerprint density at radius 3 is 1.62 bits per heavy atom. The lowest BCUT2D eigenvalue weighted by Gasteiger charge is -2.20. The molecule has 0 aliphatic carbocycles. The number of phenolic OH excluding ortho intramolecular Hbond substituents is 5. The predicted molar refractivity (Wildman–Crippen MR) is 181 cm³/mol. The first-order chi connectivity index (χ1) is 22.1. The van der Waals surface area contributed by atoms with E-state index in [9.17, 15) is 44.7 Å². The van der Waals surface area contributed by atoms with Gasteiger partial charge in [0.1, 0.15) is 34.9 Å². The first kappa shape index (κ1) is 33.0. The van der Waals surface area contributed by atoms with Gasteiger partial charge >= 0.3 is 5.97 Å². The Hall–Kier alpha value is -5.38. The second-order valence-electron chi connectivity index (χ2n) is 12.8. The van der Waals surface area contributed by atoms with Gasteiger partial charge in [0.25, 0.3) is 0 Å². The molecule has 47 heavy (non-hydrogen) atoms. The number of hydrogen-bond acceptors (Lipinski definition) is 10. The van der Waals surface area contributed by atoms with Crippen molar-refractivity contribution in [3.63, 3.8) is 0 Å². The predicted octanol–water partition coefficient (Wildman–Crippen LogP) is 6.28. The Morgan fingerprint density at radius 1 is 0.660 bits per heavy atom. The summed E-state index contributed by atoms with van der Waals surface area (Å²) < 4.78 is 5.72.